The van der Waals surface area contributed by atoms with Crippen LogP contribution in [0.5, 0.6) is 0 Å². The van der Waals surface area contributed by atoms with Gasteiger partial charge in [0.15, 0.2) is 0 Å². The molecule has 0 aromatic rings. The molecule has 68 valence electrons. The number of hydrogen-bond donors (Lipinski definition) is 1. The molecule has 0 bridgehead atoms. The van der Waals surface area contributed by atoms with Gasteiger partial charge in [-0.05, 0) is 12.8 Å². The average molecular weight is 188 g/mol. The largest absolute Gasteiger partial charge is 0.285 e. The molecule has 0 fully saturated rings. The minimum Gasteiger partial charge on any atom is -0.285 e. The minimum atomic E-state index is -3.89. The summed E-state index contributed by atoms with van der Waals surface area (Å²) >= 11 is 0. The van der Waals surface area contributed by atoms with E-state index >= 15 is 0 Å². The quantitative estimate of drug-likeness (QED) is 0.669. The second-order valence-corrected chi connectivity index (χ2v) is 4.42. The molecule has 0 amide bonds. The summed E-state index contributed by atoms with van der Waals surface area (Å²) in [4.78, 5) is 0. The summed E-state index contributed by atoms with van der Waals surface area (Å²) in [5.41, 5.74) is 1.12. The maximum Gasteiger partial charge on any atom is 0.271 e. The molecule has 4 heteroatoms. The molecule has 3 nitrogen and oxygen atoms in total. The van der Waals surface area contributed by atoms with E-state index in [1.807, 2.05) is 13.0 Å². The first-order valence-electron chi connectivity index (χ1n) is 3.87. The highest BCUT2D eigenvalue weighted by atomic mass is 32.2. The van der Waals surface area contributed by atoms with Gasteiger partial charge in [-0.15, -0.1) is 0 Å². The van der Waals surface area contributed by atoms with E-state index in [-0.39, 0.29) is 0 Å². The number of allylic oxidation sites excluding steroid dienone is 3. The van der Waals surface area contributed by atoms with Gasteiger partial charge in [0.2, 0.25) is 0 Å². The predicted octanol–water partition coefficient (Wildman–Crippen LogP) is 1.54. The Balaban J connectivity index is 2.73. The lowest BCUT2D eigenvalue weighted by Gasteiger charge is -2.11. The van der Waals surface area contributed by atoms with Crippen LogP contribution < -0.4 is 0 Å². The Labute approximate surface area is 72.5 Å². The van der Waals surface area contributed by atoms with Crippen molar-refractivity contribution in [3.8, 4) is 0 Å². The van der Waals surface area contributed by atoms with E-state index in [1.165, 1.54) is 6.08 Å². The van der Waals surface area contributed by atoms with Crippen LogP contribution in [0.15, 0.2) is 23.8 Å². The van der Waals surface area contributed by atoms with Crippen LogP contribution in [0.3, 0.4) is 0 Å². The number of rotatable bonds is 2. The third-order valence-corrected chi connectivity index (χ3v) is 3.04. The van der Waals surface area contributed by atoms with Crippen molar-refractivity contribution in [2.24, 2.45) is 0 Å². The average Bonchev–Trinajstić information content (AvgIpc) is 2.03. The van der Waals surface area contributed by atoms with Gasteiger partial charge in [-0.3, -0.25) is 4.55 Å². The van der Waals surface area contributed by atoms with Crippen LogP contribution in [0.1, 0.15) is 19.8 Å². The SMILES string of the molecule is CCC1=CCC(S(=O)(=O)O)C=C1. The maximum absolute atomic E-state index is 10.7. The zero-order valence-corrected chi connectivity index (χ0v) is 7.71. The molecule has 0 radical (unpaired) electrons. The standard InChI is InChI=1S/C8H12O3S/c1-2-7-3-5-8(6-4-7)12(9,10)11/h3-5,8H,2,6H2,1H3,(H,9,10,11). The minimum absolute atomic E-state index is 0.387. The first-order valence-corrected chi connectivity index (χ1v) is 5.38. The van der Waals surface area contributed by atoms with E-state index in [0.29, 0.717) is 6.42 Å². The van der Waals surface area contributed by atoms with E-state index < -0.39 is 15.4 Å². The van der Waals surface area contributed by atoms with Crippen LogP contribution in [-0.4, -0.2) is 18.2 Å². The van der Waals surface area contributed by atoms with Gasteiger partial charge in [0, 0.05) is 0 Å². The second kappa shape index (κ2) is 3.41. The van der Waals surface area contributed by atoms with Crippen LogP contribution in [0.4, 0.5) is 0 Å². The number of hydrogen-bond acceptors (Lipinski definition) is 2. The fraction of sp³-hybridized carbons (Fsp3) is 0.500. The van der Waals surface area contributed by atoms with E-state index in [0.717, 1.165) is 12.0 Å². The molecule has 1 rings (SSSR count). The summed E-state index contributed by atoms with van der Waals surface area (Å²) in [6.45, 7) is 2.00. The molecule has 1 aliphatic carbocycles. The molecule has 1 unspecified atom stereocenters. The highest BCUT2D eigenvalue weighted by Gasteiger charge is 2.20. The van der Waals surface area contributed by atoms with Gasteiger partial charge >= 0.3 is 0 Å². The van der Waals surface area contributed by atoms with Crippen LogP contribution in [0.25, 0.3) is 0 Å². The van der Waals surface area contributed by atoms with Crippen LogP contribution in [0, 0.1) is 0 Å². The van der Waals surface area contributed by atoms with Crippen molar-refractivity contribution in [1.82, 2.24) is 0 Å². The van der Waals surface area contributed by atoms with Gasteiger partial charge < -0.3 is 0 Å². The van der Waals surface area contributed by atoms with Gasteiger partial charge in [-0.25, -0.2) is 0 Å². The van der Waals surface area contributed by atoms with E-state index in [9.17, 15) is 8.42 Å². The van der Waals surface area contributed by atoms with E-state index in [4.69, 9.17) is 4.55 Å². The Morgan fingerprint density at radius 3 is 2.67 bits per heavy atom. The van der Waals surface area contributed by atoms with Crippen LogP contribution in [0.2, 0.25) is 0 Å². The van der Waals surface area contributed by atoms with Crippen molar-refractivity contribution >= 4 is 10.1 Å². The molecule has 0 saturated heterocycles. The fourth-order valence-electron chi connectivity index (χ4n) is 1.13. The van der Waals surface area contributed by atoms with Gasteiger partial charge in [0.05, 0.1) is 0 Å². The van der Waals surface area contributed by atoms with Crippen molar-refractivity contribution in [1.29, 1.82) is 0 Å². The first kappa shape index (κ1) is 9.48. The summed E-state index contributed by atoms with van der Waals surface area (Å²) in [5, 5.41) is -0.743. The predicted molar refractivity (Wildman–Crippen MR) is 47.5 cm³/mol. The lowest BCUT2D eigenvalue weighted by atomic mass is 10.1. The van der Waals surface area contributed by atoms with Gasteiger partial charge in [-0.2, -0.15) is 8.42 Å². The Kier molecular flexibility index (Phi) is 2.69. The molecule has 12 heavy (non-hydrogen) atoms. The Hall–Kier alpha value is -0.610. The van der Waals surface area contributed by atoms with Gasteiger partial charge in [0.25, 0.3) is 10.1 Å². The zero-order chi connectivity index (χ0) is 9.19. The summed E-state index contributed by atoms with van der Waals surface area (Å²) in [6, 6.07) is 0. The summed E-state index contributed by atoms with van der Waals surface area (Å²) in [5.74, 6) is 0. The Bertz CT molecular complexity index is 311. The molecular weight excluding hydrogens is 176 g/mol. The molecule has 0 aliphatic heterocycles. The molecule has 1 aliphatic rings. The monoisotopic (exact) mass is 188 g/mol. The summed E-state index contributed by atoms with van der Waals surface area (Å²) in [7, 11) is -3.89. The third-order valence-electron chi connectivity index (χ3n) is 1.93. The van der Waals surface area contributed by atoms with Crippen molar-refractivity contribution in [3.63, 3.8) is 0 Å². The summed E-state index contributed by atoms with van der Waals surface area (Å²) < 4.78 is 30.0. The van der Waals surface area contributed by atoms with Crippen molar-refractivity contribution in [3.05, 3.63) is 23.8 Å². The fourth-order valence-corrected chi connectivity index (χ4v) is 1.74. The highest BCUT2D eigenvalue weighted by Crippen LogP contribution is 2.17. The Morgan fingerprint density at radius 1 is 1.67 bits per heavy atom. The van der Waals surface area contributed by atoms with E-state index in [2.05, 4.69) is 0 Å². The normalized spacial score (nSPS) is 23.8. The molecule has 0 saturated carbocycles. The van der Waals surface area contributed by atoms with Crippen LogP contribution >= 0.6 is 0 Å². The molecule has 0 spiro atoms. The molecular formula is C8H12O3S. The maximum atomic E-state index is 10.7. The van der Waals surface area contributed by atoms with Crippen molar-refractivity contribution in [2.45, 2.75) is 25.0 Å². The lowest BCUT2D eigenvalue weighted by molar-refractivity contribution is 0.474. The van der Waals surface area contributed by atoms with Gasteiger partial charge in [0.1, 0.15) is 5.25 Å². The highest BCUT2D eigenvalue weighted by molar-refractivity contribution is 7.86. The molecule has 1 N–H and O–H groups in total. The molecule has 0 aromatic heterocycles. The van der Waals surface area contributed by atoms with E-state index in [1.54, 1.807) is 6.08 Å². The first-order chi connectivity index (χ1) is 5.54. The Morgan fingerprint density at radius 2 is 2.33 bits per heavy atom. The van der Waals surface area contributed by atoms with Crippen LogP contribution in [-0.2, 0) is 10.1 Å². The lowest BCUT2D eigenvalue weighted by Crippen LogP contribution is -2.18. The molecule has 0 aromatic carbocycles. The smallest absolute Gasteiger partial charge is 0.271 e. The second-order valence-electron chi connectivity index (χ2n) is 2.78. The van der Waals surface area contributed by atoms with Crippen molar-refractivity contribution < 1.29 is 13.0 Å². The zero-order valence-electron chi connectivity index (χ0n) is 6.90. The topological polar surface area (TPSA) is 54.4 Å². The van der Waals surface area contributed by atoms with Gasteiger partial charge in [-0.1, -0.05) is 30.7 Å². The van der Waals surface area contributed by atoms with Crippen molar-refractivity contribution in [2.75, 3.05) is 0 Å². The molecule has 1 atom stereocenters. The third kappa shape index (κ3) is 2.19. The molecule has 0 heterocycles. The summed E-state index contributed by atoms with van der Waals surface area (Å²) in [6.07, 6.45) is 6.42.